The van der Waals surface area contributed by atoms with Gasteiger partial charge in [-0.1, -0.05) is 36.8 Å². The Labute approximate surface area is 128 Å². The molecule has 0 spiro atoms. The largest absolute Gasteiger partial charge is 0.376 e. The van der Waals surface area contributed by atoms with E-state index in [-0.39, 0.29) is 0 Å². The third kappa shape index (κ3) is 5.05. The molecular formula is C17H27N3O. The van der Waals surface area contributed by atoms with Gasteiger partial charge in [-0.25, -0.2) is 0 Å². The number of hydrogen-bond donors (Lipinski definition) is 2. The summed E-state index contributed by atoms with van der Waals surface area (Å²) in [6.07, 6.45) is 2.64. The smallest absolute Gasteiger partial charge is 0.191 e. The maximum atomic E-state index is 5.61. The zero-order valence-corrected chi connectivity index (χ0v) is 13.4. The van der Waals surface area contributed by atoms with Crippen LogP contribution >= 0.6 is 0 Å². The number of benzene rings is 1. The van der Waals surface area contributed by atoms with Crippen molar-refractivity contribution in [2.75, 3.05) is 26.7 Å². The second-order valence-electron chi connectivity index (χ2n) is 5.78. The highest BCUT2D eigenvalue weighted by molar-refractivity contribution is 5.79. The van der Waals surface area contributed by atoms with Gasteiger partial charge in [0.25, 0.3) is 0 Å². The summed E-state index contributed by atoms with van der Waals surface area (Å²) < 4.78 is 5.61. The first-order valence-electron chi connectivity index (χ1n) is 7.81. The highest BCUT2D eigenvalue weighted by atomic mass is 16.5. The Kier molecular flexibility index (Phi) is 6.05. The monoisotopic (exact) mass is 289 g/mol. The minimum atomic E-state index is 0.331. The normalized spacial score (nSPS) is 20.3. The zero-order valence-electron chi connectivity index (χ0n) is 13.4. The Hall–Kier alpha value is -1.55. The van der Waals surface area contributed by atoms with Crippen LogP contribution in [-0.2, 0) is 4.74 Å². The third-order valence-corrected chi connectivity index (χ3v) is 3.93. The molecule has 1 aliphatic rings. The second-order valence-corrected chi connectivity index (χ2v) is 5.78. The molecule has 116 valence electrons. The molecule has 2 N–H and O–H groups in total. The maximum Gasteiger partial charge on any atom is 0.191 e. The van der Waals surface area contributed by atoms with Gasteiger partial charge in [-0.15, -0.1) is 0 Å². The van der Waals surface area contributed by atoms with E-state index in [4.69, 9.17) is 4.74 Å². The van der Waals surface area contributed by atoms with Gasteiger partial charge in [0.05, 0.1) is 6.10 Å². The van der Waals surface area contributed by atoms with E-state index in [0.29, 0.717) is 12.0 Å². The van der Waals surface area contributed by atoms with E-state index in [9.17, 15) is 0 Å². The fraction of sp³-hybridized carbons (Fsp3) is 0.588. The fourth-order valence-corrected chi connectivity index (χ4v) is 2.58. The zero-order chi connectivity index (χ0) is 15.1. The number of hydrogen-bond acceptors (Lipinski definition) is 2. The molecular weight excluding hydrogens is 262 g/mol. The average molecular weight is 289 g/mol. The molecule has 21 heavy (non-hydrogen) atoms. The number of nitrogens with zero attached hydrogens (tertiary/aromatic N) is 1. The van der Waals surface area contributed by atoms with Gasteiger partial charge in [-0.3, -0.25) is 4.99 Å². The molecule has 2 rings (SSSR count). The molecule has 1 fully saturated rings. The molecule has 0 aromatic heterocycles. The van der Waals surface area contributed by atoms with Gasteiger partial charge >= 0.3 is 0 Å². The van der Waals surface area contributed by atoms with Crippen LogP contribution < -0.4 is 10.6 Å². The molecule has 4 nitrogen and oxygen atoms in total. The number of nitrogens with one attached hydrogen (secondary N) is 2. The lowest BCUT2D eigenvalue weighted by Gasteiger charge is -2.18. The SMILES string of the molecule is CN=C(NCC1CCCO1)NCC(C)c1cccc(C)c1. The van der Waals surface area contributed by atoms with Crippen LogP contribution in [0.15, 0.2) is 29.3 Å². The van der Waals surface area contributed by atoms with Crippen molar-refractivity contribution in [2.45, 2.75) is 38.7 Å². The minimum absolute atomic E-state index is 0.331. The molecule has 2 atom stereocenters. The van der Waals surface area contributed by atoms with Crippen LogP contribution in [0.4, 0.5) is 0 Å². The van der Waals surface area contributed by atoms with Crippen molar-refractivity contribution in [1.29, 1.82) is 0 Å². The molecule has 2 unspecified atom stereocenters. The van der Waals surface area contributed by atoms with E-state index in [1.54, 1.807) is 0 Å². The van der Waals surface area contributed by atoms with E-state index in [0.717, 1.165) is 32.1 Å². The van der Waals surface area contributed by atoms with Crippen LogP contribution in [0.2, 0.25) is 0 Å². The van der Waals surface area contributed by atoms with E-state index < -0.39 is 0 Å². The van der Waals surface area contributed by atoms with Crippen LogP contribution in [0, 0.1) is 6.92 Å². The van der Waals surface area contributed by atoms with Crippen molar-refractivity contribution in [1.82, 2.24) is 10.6 Å². The summed E-state index contributed by atoms with van der Waals surface area (Å²) >= 11 is 0. The van der Waals surface area contributed by atoms with Crippen molar-refractivity contribution in [3.8, 4) is 0 Å². The van der Waals surface area contributed by atoms with Gasteiger partial charge in [0.1, 0.15) is 0 Å². The Morgan fingerprint density at radius 3 is 2.95 bits per heavy atom. The lowest BCUT2D eigenvalue weighted by Crippen LogP contribution is -2.42. The second kappa shape index (κ2) is 8.03. The Morgan fingerprint density at radius 2 is 2.29 bits per heavy atom. The summed E-state index contributed by atoms with van der Waals surface area (Å²) in [6.45, 7) is 6.96. The quantitative estimate of drug-likeness (QED) is 0.646. The van der Waals surface area contributed by atoms with Gasteiger partial charge in [-0.05, 0) is 31.2 Å². The molecule has 1 aromatic carbocycles. The first-order chi connectivity index (χ1) is 10.2. The summed E-state index contributed by atoms with van der Waals surface area (Å²) in [5.41, 5.74) is 2.66. The van der Waals surface area contributed by atoms with Gasteiger partial charge in [0.15, 0.2) is 5.96 Å². The van der Waals surface area contributed by atoms with Gasteiger partial charge in [0, 0.05) is 26.7 Å². The maximum absolute atomic E-state index is 5.61. The van der Waals surface area contributed by atoms with Gasteiger partial charge in [-0.2, -0.15) is 0 Å². The van der Waals surface area contributed by atoms with Crippen LogP contribution in [0.25, 0.3) is 0 Å². The van der Waals surface area contributed by atoms with Gasteiger partial charge in [0.2, 0.25) is 0 Å². The summed E-state index contributed by atoms with van der Waals surface area (Å²) in [5, 5.41) is 6.74. The molecule has 0 radical (unpaired) electrons. The van der Waals surface area contributed by atoms with E-state index >= 15 is 0 Å². The van der Waals surface area contributed by atoms with Crippen molar-refractivity contribution >= 4 is 5.96 Å². The number of aryl methyl sites for hydroxylation is 1. The van der Waals surface area contributed by atoms with Crippen LogP contribution in [0.3, 0.4) is 0 Å². The van der Waals surface area contributed by atoms with E-state index in [1.165, 1.54) is 17.5 Å². The topological polar surface area (TPSA) is 45.7 Å². The highest BCUT2D eigenvalue weighted by Crippen LogP contribution is 2.15. The summed E-state index contributed by atoms with van der Waals surface area (Å²) in [5.74, 6) is 1.30. The lowest BCUT2D eigenvalue weighted by molar-refractivity contribution is 0.114. The molecule has 0 amide bonds. The minimum Gasteiger partial charge on any atom is -0.376 e. The number of rotatable bonds is 5. The summed E-state index contributed by atoms with van der Waals surface area (Å²) in [6, 6.07) is 8.67. The van der Waals surface area contributed by atoms with E-state index in [2.05, 4.69) is 53.7 Å². The molecule has 1 aliphatic heterocycles. The lowest BCUT2D eigenvalue weighted by atomic mass is 9.99. The molecule has 1 saturated heterocycles. The molecule has 4 heteroatoms. The highest BCUT2D eigenvalue weighted by Gasteiger charge is 2.15. The van der Waals surface area contributed by atoms with Crippen LogP contribution in [-0.4, -0.2) is 38.8 Å². The summed E-state index contributed by atoms with van der Waals surface area (Å²) in [7, 11) is 1.81. The average Bonchev–Trinajstić information content (AvgIpc) is 3.00. The predicted octanol–water partition coefficient (Wildman–Crippen LogP) is 2.44. The Morgan fingerprint density at radius 1 is 1.43 bits per heavy atom. The number of aliphatic imine (C=N–C) groups is 1. The molecule has 0 saturated carbocycles. The number of ether oxygens (including phenoxy) is 1. The molecule has 0 bridgehead atoms. The fourth-order valence-electron chi connectivity index (χ4n) is 2.58. The predicted molar refractivity (Wildman–Crippen MR) is 87.9 cm³/mol. The summed E-state index contributed by atoms with van der Waals surface area (Å²) in [4.78, 5) is 4.27. The molecule has 0 aliphatic carbocycles. The first kappa shape index (κ1) is 15.8. The van der Waals surface area contributed by atoms with Crippen molar-refractivity contribution in [2.24, 2.45) is 4.99 Å². The van der Waals surface area contributed by atoms with Crippen LogP contribution in [0.1, 0.15) is 36.8 Å². The number of guanidine groups is 1. The van der Waals surface area contributed by atoms with Crippen molar-refractivity contribution in [3.05, 3.63) is 35.4 Å². The van der Waals surface area contributed by atoms with Gasteiger partial charge < -0.3 is 15.4 Å². The third-order valence-electron chi connectivity index (χ3n) is 3.93. The Bertz CT molecular complexity index is 467. The first-order valence-corrected chi connectivity index (χ1v) is 7.81. The van der Waals surface area contributed by atoms with Crippen molar-refractivity contribution < 1.29 is 4.74 Å². The van der Waals surface area contributed by atoms with Crippen LogP contribution in [0.5, 0.6) is 0 Å². The standard InChI is InChI=1S/C17H27N3O/c1-13-6-4-7-15(10-13)14(2)11-19-17(18-3)20-12-16-8-5-9-21-16/h4,6-7,10,14,16H,5,8-9,11-12H2,1-3H3,(H2,18,19,20). The Balaban J connectivity index is 1.76. The molecule has 1 aromatic rings. The van der Waals surface area contributed by atoms with E-state index in [1.807, 2.05) is 7.05 Å². The van der Waals surface area contributed by atoms with Crippen molar-refractivity contribution in [3.63, 3.8) is 0 Å². The molecule has 1 heterocycles.